The Balaban J connectivity index is 0.00000102. The maximum Gasteiger partial charge on any atom is 0.415 e. The SMILES string of the molecule is Cc1nc(C#N)c2c(c1F)CC(CNCCC1CN(c3cnc4c(n3)NC(=O)CO4)C(=O)O1)C2.O=CO. The number of ether oxygens (including phenoxy) is 2. The van der Waals surface area contributed by atoms with E-state index in [-0.39, 0.29) is 60.0 Å². The van der Waals surface area contributed by atoms with Crippen LogP contribution >= 0.6 is 0 Å². The quantitative estimate of drug-likeness (QED) is 0.370. The monoisotopic (exact) mass is 513 g/mol. The van der Waals surface area contributed by atoms with E-state index in [9.17, 15) is 19.2 Å². The smallest absolute Gasteiger partial charge is 0.415 e. The van der Waals surface area contributed by atoms with Crippen molar-refractivity contribution in [2.45, 2.75) is 32.3 Å². The minimum Gasteiger partial charge on any atom is -0.483 e. The summed E-state index contributed by atoms with van der Waals surface area (Å²) < 4.78 is 25.1. The van der Waals surface area contributed by atoms with Crippen LogP contribution in [0.4, 0.5) is 20.8 Å². The standard InChI is InChI=1S/C22H22FN7O4.CH2O2/c1-11-19(23)15-5-12(4-14(15)16(6-24)27-11)7-25-3-2-13-9-30(22(32)34-13)17-8-26-21-20(28-17)29-18(31)10-33-21;2-1-3/h8,12-13,25H,2-5,7,9-10H2,1H3,(H,28,29,31);1H,(H,2,3). The zero-order valence-electron chi connectivity index (χ0n) is 19.9. The summed E-state index contributed by atoms with van der Waals surface area (Å²) in [5.74, 6) is 0.171. The van der Waals surface area contributed by atoms with Gasteiger partial charge in [0.15, 0.2) is 18.2 Å². The molecule has 0 aromatic carbocycles. The molecule has 1 fully saturated rings. The van der Waals surface area contributed by atoms with Gasteiger partial charge in [-0.25, -0.2) is 24.1 Å². The molecule has 2 amide bonds. The number of amides is 2. The van der Waals surface area contributed by atoms with Gasteiger partial charge in [-0.2, -0.15) is 5.26 Å². The van der Waals surface area contributed by atoms with Crippen LogP contribution in [0.2, 0.25) is 0 Å². The van der Waals surface area contributed by atoms with Crippen molar-refractivity contribution in [2.24, 2.45) is 5.92 Å². The number of nitriles is 1. The Morgan fingerprint density at radius 3 is 2.86 bits per heavy atom. The van der Waals surface area contributed by atoms with E-state index in [0.29, 0.717) is 55.7 Å². The van der Waals surface area contributed by atoms with Crippen molar-refractivity contribution in [3.05, 3.63) is 34.5 Å². The van der Waals surface area contributed by atoms with Gasteiger partial charge in [-0.3, -0.25) is 14.5 Å². The lowest BCUT2D eigenvalue weighted by atomic mass is 10.1. The summed E-state index contributed by atoms with van der Waals surface area (Å²) >= 11 is 0. The van der Waals surface area contributed by atoms with Gasteiger partial charge < -0.3 is 25.2 Å². The lowest BCUT2D eigenvalue weighted by molar-refractivity contribution is -0.123. The van der Waals surface area contributed by atoms with E-state index >= 15 is 0 Å². The summed E-state index contributed by atoms with van der Waals surface area (Å²) in [6.45, 7) is 2.76. The summed E-state index contributed by atoms with van der Waals surface area (Å²) in [7, 11) is 0. The first-order chi connectivity index (χ1) is 17.8. The molecule has 1 saturated heterocycles. The van der Waals surface area contributed by atoms with Crippen LogP contribution in [0.25, 0.3) is 0 Å². The van der Waals surface area contributed by atoms with E-state index in [1.54, 1.807) is 6.92 Å². The normalized spacial score (nSPS) is 19.4. The number of hydrogen-bond acceptors (Lipinski definition) is 10. The summed E-state index contributed by atoms with van der Waals surface area (Å²) in [4.78, 5) is 46.0. The number of pyridine rings is 1. The predicted molar refractivity (Wildman–Crippen MR) is 124 cm³/mol. The Kier molecular flexibility index (Phi) is 7.73. The van der Waals surface area contributed by atoms with E-state index in [0.717, 1.165) is 0 Å². The molecule has 37 heavy (non-hydrogen) atoms. The first-order valence-corrected chi connectivity index (χ1v) is 11.5. The van der Waals surface area contributed by atoms with Gasteiger partial charge in [0.1, 0.15) is 23.7 Å². The number of hydrogen-bond donors (Lipinski definition) is 3. The maximum absolute atomic E-state index is 14.4. The Bertz CT molecular complexity index is 1270. The van der Waals surface area contributed by atoms with Crippen LogP contribution in [-0.2, 0) is 27.2 Å². The van der Waals surface area contributed by atoms with Gasteiger partial charge >= 0.3 is 6.09 Å². The van der Waals surface area contributed by atoms with Crippen molar-refractivity contribution in [2.75, 3.05) is 36.5 Å². The third kappa shape index (κ3) is 5.56. The van der Waals surface area contributed by atoms with Gasteiger partial charge in [-0.05, 0) is 56.3 Å². The topological polar surface area (TPSA) is 180 Å². The Morgan fingerprint density at radius 2 is 2.11 bits per heavy atom. The lowest BCUT2D eigenvalue weighted by Gasteiger charge is -2.18. The lowest BCUT2D eigenvalue weighted by Crippen LogP contribution is -2.30. The average Bonchev–Trinajstić information content (AvgIpc) is 3.48. The fourth-order valence-electron chi connectivity index (χ4n) is 4.51. The second-order valence-electron chi connectivity index (χ2n) is 8.64. The van der Waals surface area contributed by atoms with E-state index in [1.165, 1.54) is 11.1 Å². The molecule has 2 unspecified atom stereocenters. The molecule has 2 aromatic rings. The molecule has 0 radical (unpaired) electrons. The van der Waals surface area contributed by atoms with Gasteiger partial charge in [-0.1, -0.05) is 0 Å². The van der Waals surface area contributed by atoms with Crippen molar-refractivity contribution in [3.8, 4) is 11.9 Å². The van der Waals surface area contributed by atoms with Crippen LogP contribution in [0.5, 0.6) is 5.88 Å². The number of nitrogens with zero attached hydrogens (tertiary/aromatic N) is 5. The molecule has 2 aromatic heterocycles. The number of nitrogens with one attached hydrogen (secondary N) is 2. The number of rotatable bonds is 6. The average molecular weight is 513 g/mol. The van der Waals surface area contributed by atoms with Gasteiger partial charge in [0.2, 0.25) is 0 Å². The van der Waals surface area contributed by atoms with Crippen LogP contribution in [0.1, 0.15) is 28.9 Å². The fraction of sp³-hybridized carbons (Fsp3) is 0.435. The predicted octanol–water partition coefficient (Wildman–Crippen LogP) is 0.942. The number of aryl methyl sites for hydroxylation is 1. The third-order valence-electron chi connectivity index (χ3n) is 6.15. The number of carbonyl (C=O) groups is 3. The van der Waals surface area contributed by atoms with Gasteiger partial charge in [0.25, 0.3) is 18.3 Å². The number of cyclic esters (lactones) is 1. The number of carboxylic acid groups (broad SMARTS) is 1. The van der Waals surface area contributed by atoms with E-state index in [1.807, 2.05) is 0 Å². The highest BCUT2D eigenvalue weighted by Crippen LogP contribution is 2.32. The van der Waals surface area contributed by atoms with Crippen LogP contribution in [0.15, 0.2) is 6.20 Å². The molecule has 0 bridgehead atoms. The molecule has 3 aliphatic rings. The molecule has 1 aliphatic carbocycles. The molecule has 4 heterocycles. The molecule has 5 rings (SSSR count). The first kappa shape index (κ1) is 25.7. The molecule has 13 nitrogen and oxygen atoms in total. The minimum atomic E-state index is -0.532. The van der Waals surface area contributed by atoms with Crippen molar-refractivity contribution < 1.29 is 33.4 Å². The molecular weight excluding hydrogens is 489 g/mol. The highest BCUT2D eigenvalue weighted by Gasteiger charge is 2.34. The van der Waals surface area contributed by atoms with Gasteiger partial charge in [0, 0.05) is 0 Å². The number of aromatic nitrogens is 3. The molecule has 2 atom stereocenters. The van der Waals surface area contributed by atoms with Gasteiger partial charge in [-0.15, -0.1) is 0 Å². The van der Waals surface area contributed by atoms with Crippen molar-refractivity contribution >= 4 is 30.1 Å². The number of anilines is 2. The number of halogens is 1. The van der Waals surface area contributed by atoms with Gasteiger partial charge in [0.05, 0.1) is 18.4 Å². The highest BCUT2D eigenvalue weighted by molar-refractivity contribution is 5.94. The fourth-order valence-corrected chi connectivity index (χ4v) is 4.51. The zero-order valence-corrected chi connectivity index (χ0v) is 19.9. The van der Waals surface area contributed by atoms with E-state index < -0.39 is 6.09 Å². The first-order valence-electron chi connectivity index (χ1n) is 11.5. The summed E-state index contributed by atoms with van der Waals surface area (Å²) in [5, 5.41) is 22.1. The van der Waals surface area contributed by atoms with E-state index in [2.05, 4.69) is 31.7 Å². The maximum atomic E-state index is 14.4. The minimum absolute atomic E-state index is 0.125. The molecular formula is C23H24FN7O6. The zero-order chi connectivity index (χ0) is 26.5. The Labute approximate surface area is 210 Å². The molecule has 0 saturated carbocycles. The molecule has 14 heteroatoms. The van der Waals surface area contributed by atoms with Crippen LogP contribution < -0.4 is 20.3 Å². The number of carbonyl (C=O) groups excluding carboxylic acids is 2. The highest BCUT2D eigenvalue weighted by atomic mass is 19.1. The summed E-state index contributed by atoms with van der Waals surface area (Å²) in [6.07, 6.45) is 2.30. The molecule has 0 spiro atoms. The second-order valence-corrected chi connectivity index (χ2v) is 8.64. The number of fused-ring (bicyclic) bond motifs is 2. The van der Waals surface area contributed by atoms with Crippen LogP contribution in [-0.4, -0.2) is 70.9 Å². The van der Waals surface area contributed by atoms with Crippen molar-refractivity contribution in [1.29, 1.82) is 5.26 Å². The molecule has 3 N–H and O–H groups in total. The van der Waals surface area contributed by atoms with Crippen LogP contribution in [0, 0.1) is 30.0 Å². The Morgan fingerprint density at radius 1 is 1.35 bits per heavy atom. The Hall–Kier alpha value is -4.38. The second kappa shape index (κ2) is 11.1. The largest absolute Gasteiger partial charge is 0.483 e. The van der Waals surface area contributed by atoms with E-state index in [4.69, 9.17) is 19.4 Å². The van der Waals surface area contributed by atoms with Crippen LogP contribution in [0.3, 0.4) is 0 Å². The summed E-state index contributed by atoms with van der Waals surface area (Å²) in [5.41, 5.74) is 1.88. The van der Waals surface area contributed by atoms with Crippen molar-refractivity contribution in [1.82, 2.24) is 20.3 Å². The molecule has 194 valence electrons. The van der Waals surface area contributed by atoms with Crippen molar-refractivity contribution in [3.63, 3.8) is 0 Å². The molecule has 2 aliphatic heterocycles. The third-order valence-corrected chi connectivity index (χ3v) is 6.15. The summed E-state index contributed by atoms with van der Waals surface area (Å²) in [6, 6.07) is 2.07.